The molecule has 0 radical (unpaired) electrons. The molecule has 0 aliphatic carbocycles. The summed E-state index contributed by atoms with van der Waals surface area (Å²) in [6, 6.07) is 0. The summed E-state index contributed by atoms with van der Waals surface area (Å²) in [6.45, 7) is 11.2. The van der Waals surface area contributed by atoms with E-state index in [0.29, 0.717) is 0 Å². The third kappa shape index (κ3) is 15.0. The smallest absolute Gasteiger partial charge is 0.460 e. The number of aliphatic hydroxyl groups is 3. The molecule has 0 aromatic heterocycles. The predicted molar refractivity (Wildman–Crippen MR) is 153 cm³/mol. The average molecular weight is 1060 g/mol. The predicted octanol–water partition coefficient (Wildman–Crippen LogP) is 11.6. The van der Waals surface area contributed by atoms with Crippen molar-refractivity contribution in [2.24, 2.45) is 16.2 Å². The van der Waals surface area contributed by atoms with Crippen LogP contribution in [0.25, 0.3) is 0 Å². The summed E-state index contributed by atoms with van der Waals surface area (Å²) in [5.74, 6) is -49.1. The van der Waals surface area contributed by atoms with Gasteiger partial charge >= 0.3 is 54.1 Å². The van der Waals surface area contributed by atoms with Crippen LogP contribution in [-0.4, -0.2) is 86.7 Å². The zero-order chi connectivity index (χ0) is 47.6. The second-order valence-electron chi connectivity index (χ2n) is 14.4. The van der Waals surface area contributed by atoms with Crippen LogP contribution in [0.5, 0.6) is 0 Å². The molecule has 28 heteroatoms. The number of hydrogen-bond donors (Lipinski definition) is 3. The minimum atomic E-state index is -6.59. The molecule has 6 nitrogen and oxygen atoms in total. The summed E-state index contributed by atoms with van der Waals surface area (Å²) >= 11 is 0. The fourth-order valence-corrected chi connectivity index (χ4v) is 2.29. The molecule has 0 spiro atoms. The van der Waals surface area contributed by atoms with E-state index in [2.05, 4.69) is 0 Å². The topological polar surface area (TPSA) is 112 Å². The van der Waals surface area contributed by atoms with Gasteiger partial charge in [-0.2, -0.15) is 92.2 Å². The van der Waals surface area contributed by atoms with Gasteiger partial charge in [-0.05, 0) is 0 Å². The van der Waals surface area contributed by atoms with Crippen molar-refractivity contribution in [2.45, 2.75) is 116 Å². The van der Waals surface area contributed by atoms with Gasteiger partial charge in [-0.1, -0.05) is 62.3 Å². The monoisotopic (exact) mass is 1060 g/mol. The summed E-state index contributed by atoms with van der Waals surface area (Å²) in [5.41, 5.74) is -3.75. The molecule has 0 bridgehead atoms. The number of aliphatic hydroxyl groups excluding tert-OH is 3. The second-order valence-corrected chi connectivity index (χ2v) is 14.4. The van der Waals surface area contributed by atoms with E-state index in [1.54, 1.807) is 0 Å². The van der Waals surface area contributed by atoms with Crippen molar-refractivity contribution < 1.29 is 169 Å². The third-order valence-corrected chi connectivity index (χ3v) is 6.29. The summed E-state index contributed by atoms with van der Waals surface area (Å²) < 4.78 is 258. The summed E-state index contributed by atoms with van der Waals surface area (Å²) in [7, 11) is 0. The maximum absolute atomic E-state index is 12.9. The summed E-state index contributed by atoms with van der Waals surface area (Å²) in [5, 5.41) is 27.5. The first-order chi connectivity index (χ1) is 24.1. The van der Waals surface area contributed by atoms with Crippen molar-refractivity contribution in [3.05, 3.63) is 35.5 Å². The molecular weight excluding hydrogens is 1030 g/mol. The quantitative estimate of drug-likeness (QED) is 0.120. The Hall–Kier alpha value is -2.32. The standard InChI is InChI=1S/3C10H11F7O2.Yb/c3*1-7(2,3)5(18)4-6(19)8(11,12)9(13,14)10(15,16)17;/h3*4,18H,1-3H3;/b5-4+;;;. The number of carbonyl (C=O) groups is 3. The van der Waals surface area contributed by atoms with Gasteiger partial charge in [0.05, 0.1) is 0 Å². The van der Waals surface area contributed by atoms with E-state index in [9.17, 15) is 107 Å². The summed E-state index contributed by atoms with van der Waals surface area (Å²) in [4.78, 5) is 32.5. The maximum Gasteiger partial charge on any atom is 0.460 e. The minimum Gasteiger partial charge on any atom is -0.512 e. The number of hydrogen-bond acceptors (Lipinski definition) is 6. The van der Waals surface area contributed by atoms with E-state index >= 15 is 0 Å². The van der Waals surface area contributed by atoms with Crippen molar-refractivity contribution in [1.29, 1.82) is 0 Å². The first kappa shape index (κ1) is 62.3. The van der Waals surface area contributed by atoms with E-state index < -0.39 is 105 Å². The van der Waals surface area contributed by atoms with Gasteiger partial charge in [0, 0.05) is 81.4 Å². The van der Waals surface area contributed by atoms with Crippen LogP contribution in [0.4, 0.5) is 92.2 Å². The van der Waals surface area contributed by atoms with Crippen LogP contribution >= 0.6 is 0 Å². The molecule has 0 saturated heterocycles. The third-order valence-electron chi connectivity index (χ3n) is 6.29. The fraction of sp³-hybridized carbons (Fsp3) is 0.700. The Morgan fingerprint density at radius 2 is 0.448 bits per heavy atom. The Bertz CT molecular complexity index is 1350. The zero-order valence-corrected chi connectivity index (χ0v) is 32.2. The molecule has 0 atom stereocenters. The summed E-state index contributed by atoms with van der Waals surface area (Å²) in [6.07, 6.45) is -20.7. The number of halogens is 21. The largest absolute Gasteiger partial charge is 0.512 e. The molecule has 350 valence electrons. The van der Waals surface area contributed by atoms with E-state index in [4.69, 9.17) is 15.3 Å². The van der Waals surface area contributed by atoms with Crippen molar-refractivity contribution >= 4 is 17.3 Å². The second kappa shape index (κ2) is 19.2. The Morgan fingerprint density at radius 1 is 0.328 bits per heavy atom. The molecule has 0 aromatic carbocycles. The van der Waals surface area contributed by atoms with Crippen LogP contribution in [0.15, 0.2) is 35.5 Å². The minimum absolute atomic E-state index is 0. The van der Waals surface area contributed by atoms with Crippen LogP contribution in [0.2, 0.25) is 0 Å². The van der Waals surface area contributed by atoms with Gasteiger partial charge < -0.3 is 15.3 Å². The number of carbonyl (C=O) groups excluding carboxylic acids is 3. The number of alkyl halides is 21. The normalized spacial score (nSPS) is 15.3. The molecule has 0 rings (SSSR count). The Labute approximate surface area is 352 Å². The Kier molecular flexibility index (Phi) is 20.6. The van der Waals surface area contributed by atoms with Crippen molar-refractivity contribution in [3.63, 3.8) is 0 Å². The molecule has 0 saturated carbocycles. The van der Waals surface area contributed by atoms with Gasteiger partial charge in [-0.25, -0.2) is 0 Å². The number of ketones is 3. The van der Waals surface area contributed by atoms with Gasteiger partial charge in [0.1, 0.15) is 17.3 Å². The van der Waals surface area contributed by atoms with E-state index in [-0.39, 0.29) is 65.2 Å². The van der Waals surface area contributed by atoms with Crippen LogP contribution < -0.4 is 0 Å². The molecule has 0 unspecified atom stereocenters. The maximum atomic E-state index is 12.9. The molecule has 0 aliphatic rings. The SMILES string of the molecule is CC(C)(C)/C(O)=C\C(=O)C(F)(F)C(F)(F)C(F)(F)F.CC(C)(C)C(O)=CC(=O)C(F)(F)C(F)(F)C(F)(F)F.CC(C)(C)C(O)=CC(=O)C(F)(F)C(F)(F)C(F)(F)F.[Yb]. The van der Waals surface area contributed by atoms with Crippen LogP contribution in [0.3, 0.4) is 0 Å². The first-order valence-electron chi connectivity index (χ1n) is 14.5. The van der Waals surface area contributed by atoms with Gasteiger partial charge in [0.2, 0.25) is 17.3 Å². The average Bonchev–Trinajstić information content (AvgIpc) is 2.93. The number of allylic oxidation sites excluding steroid dienone is 6. The van der Waals surface area contributed by atoms with Gasteiger partial charge in [-0.15, -0.1) is 0 Å². The molecule has 3 N–H and O–H groups in total. The molecule has 0 aliphatic heterocycles. The molecule has 0 fully saturated rings. The van der Waals surface area contributed by atoms with Gasteiger partial charge in [0.15, 0.2) is 0 Å². The molecule has 0 heterocycles. The number of rotatable bonds is 9. The Balaban J connectivity index is -0.000000374. The van der Waals surface area contributed by atoms with E-state index in [1.807, 2.05) is 0 Å². The molecule has 0 aromatic rings. The fourth-order valence-electron chi connectivity index (χ4n) is 2.29. The van der Waals surface area contributed by atoms with Crippen LogP contribution in [-0.2, 0) is 14.4 Å². The molecule has 0 amide bonds. The van der Waals surface area contributed by atoms with Crippen molar-refractivity contribution in [2.75, 3.05) is 0 Å². The first-order valence-corrected chi connectivity index (χ1v) is 14.5. The molecule has 58 heavy (non-hydrogen) atoms. The van der Waals surface area contributed by atoms with Crippen molar-refractivity contribution in [3.8, 4) is 0 Å². The zero-order valence-electron chi connectivity index (χ0n) is 30.5. The van der Waals surface area contributed by atoms with Crippen LogP contribution in [0.1, 0.15) is 62.3 Å². The van der Waals surface area contributed by atoms with E-state index in [0.717, 1.165) is 0 Å². The van der Waals surface area contributed by atoms with Gasteiger partial charge in [0.25, 0.3) is 0 Å². The molecular formula is C30H33F21O6Yb. The van der Waals surface area contributed by atoms with Crippen molar-refractivity contribution in [1.82, 2.24) is 0 Å². The Morgan fingerprint density at radius 3 is 0.534 bits per heavy atom. The van der Waals surface area contributed by atoms with Gasteiger partial charge in [-0.3, -0.25) is 14.4 Å². The van der Waals surface area contributed by atoms with E-state index in [1.165, 1.54) is 62.3 Å². The van der Waals surface area contributed by atoms with Crippen LogP contribution in [0, 0.1) is 63.2 Å².